The molecule has 0 bridgehead atoms. The number of hydrogen-bond acceptors (Lipinski definition) is 2. The summed E-state index contributed by atoms with van der Waals surface area (Å²) in [5.74, 6) is -1.48. The Kier molecular flexibility index (Phi) is 5.97. The van der Waals surface area contributed by atoms with Crippen LogP contribution in [-0.2, 0) is 18.5 Å². The van der Waals surface area contributed by atoms with Crippen LogP contribution in [0.4, 0.5) is 45.3 Å². The lowest BCUT2D eigenvalue weighted by Crippen LogP contribution is -2.18. The Morgan fingerprint density at radius 3 is 1.81 bits per heavy atom. The van der Waals surface area contributed by atoms with Gasteiger partial charge in [0.15, 0.2) is 0 Å². The molecule has 188 valence electrons. The van der Waals surface area contributed by atoms with E-state index in [4.69, 9.17) is 0 Å². The van der Waals surface area contributed by atoms with Gasteiger partial charge in [-0.3, -0.25) is 9.20 Å². The van der Waals surface area contributed by atoms with Gasteiger partial charge >= 0.3 is 18.5 Å². The van der Waals surface area contributed by atoms with Crippen LogP contribution in [0.25, 0.3) is 16.9 Å². The molecule has 0 unspecified atom stereocenters. The second-order valence-electron chi connectivity index (χ2n) is 7.56. The number of aromatic nitrogens is 2. The highest BCUT2D eigenvalue weighted by molar-refractivity contribution is 6.06. The van der Waals surface area contributed by atoms with E-state index in [0.29, 0.717) is 0 Å². The number of pyridine rings is 1. The zero-order chi connectivity index (χ0) is 26.5. The molecule has 0 aliphatic rings. The molecule has 4 nitrogen and oxygen atoms in total. The molecule has 1 N–H and O–H groups in total. The second kappa shape index (κ2) is 8.57. The van der Waals surface area contributed by atoms with Gasteiger partial charge in [-0.1, -0.05) is 18.2 Å². The molecule has 0 saturated carbocycles. The highest BCUT2D eigenvalue weighted by Crippen LogP contribution is 2.37. The molecule has 2 aromatic carbocycles. The third-order valence-electron chi connectivity index (χ3n) is 5.10. The minimum absolute atomic E-state index is 0.0497. The molecule has 36 heavy (non-hydrogen) atoms. The predicted octanol–water partition coefficient (Wildman–Crippen LogP) is 7.31. The maximum absolute atomic E-state index is 13.2. The molecule has 0 aliphatic carbocycles. The lowest BCUT2D eigenvalue weighted by atomic mass is 10.0. The molecule has 2 heterocycles. The highest BCUT2D eigenvalue weighted by Gasteiger charge is 2.37. The largest absolute Gasteiger partial charge is 0.416 e. The molecule has 2 aromatic heterocycles. The maximum atomic E-state index is 13.2. The number of carbonyl (C=O) groups is 1. The number of nitrogens with zero attached hydrogens (tertiary/aromatic N) is 2. The number of rotatable bonds is 3. The summed E-state index contributed by atoms with van der Waals surface area (Å²) in [6.45, 7) is 0. The van der Waals surface area contributed by atoms with Crippen LogP contribution in [0.15, 0.2) is 66.9 Å². The van der Waals surface area contributed by atoms with Crippen molar-refractivity contribution in [3.05, 3.63) is 89.1 Å². The number of benzene rings is 2. The Morgan fingerprint density at radius 1 is 0.722 bits per heavy atom. The minimum atomic E-state index is -5.16. The lowest BCUT2D eigenvalue weighted by molar-refractivity contribution is -0.143. The van der Waals surface area contributed by atoms with E-state index in [0.717, 1.165) is 24.3 Å². The van der Waals surface area contributed by atoms with Crippen molar-refractivity contribution in [3.63, 3.8) is 0 Å². The van der Waals surface area contributed by atoms with Crippen LogP contribution in [0.1, 0.15) is 27.0 Å². The fourth-order valence-corrected chi connectivity index (χ4v) is 3.40. The number of fused-ring (bicyclic) bond motifs is 1. The Balaban J connectivity index is 1.80. The van der Waals surface area contributed by atoms with E-state index < -0.39 is 46.7 Å². The van der Waals surface area contributed by atoms with E-state index in [1.54, 1.807) is 6.07 Å². The van der Waals surface area contributed by atoms with Crippen LogP contribution >= 0.6 is 0 Å². The number of amides is 1. The Bertz CT molecular complexity index is 1400. The molecule has 0 fully saturated rings. The van der Waals surface area contributed by atoms with Crippen molar-refractivity contribution in [2.24, 2.45) is 0 Å². The first kappa shape index (κ1) is 25.1. The minimum Gasteiger partial charge on any atom is -0.306 e. The van der Waals surface area contributed by atoms with Crippen molar-refractivity contribution in [3.8, 4) is 11.3 Å². The van der Waals surface area contributed by atoms with Crippen LogP contribution in [0.5, 0.6) is 0 Å². The predicted molar refractivity (Wildman–Crippen MR) is 110 cm³/mol. The third kappa shape index (κ3) is 4.99. The van der Waals surface area contributed by atoms with Crippen molar-refractivity contribution >= 4 is 17.4 Å². The summed E-state index contributed by atoms with van der Waals surface area (Å²) in [6, 6.07) is 8.67. The summed E-state index contributed by atoms with van der Waals surface area (Å²) in [6.07, 6.45) is -13.5. The first-order valence-electron chi connectivity index (χ1n) is 9.90. The molecule has 0 atom stereocenters. The lowest BCUT2D eigenvalue weighted by Gasteiger charge is -2.14. The number of imidazole rings is 1. The molecule has 0 aliphatic heterocycles. The number of carbonyl (C=O) groups excluding carboxylic acids is 1. The quantitative estimate of drug-likeness (QED) is 0.290. The van der Waals surface area contributed by atoms with E-state index >= 15 is 0 Å². The van der Waals surface area contributed by atoms with Gasteiger partial charge in [-0.25, -0.2) is 4.98 Å². The van der Waals surface area contributed by atoms with E-state index in [2.05, 4.69) is 10.3 Å². The SMILES string of the molecule is O=C(Nc1c(-c2ccc(C(F)(F)F)cc2)nc2ccccn12)c1cc(C(F)(F)F)cc(C(F)(F)F)c1. The highest BCUT2D eigenvalue weighted by atomic mass is 19.4. The zero-order valence-electron chi connectivity index (χ0n) is 17.6. The van der Waals surface area contributed by atoms with Gasteiger partial charge in [0.25, 0.3) is 5.91 Å². The molecule has 4 aromatic rings. The third-order valence-corrected chi connectivity index (χ3v) is 5.10. The van der Waals surface area contributed by atoms with Crippen LogP contribution in [-0.4, -0.2) is 15.3 Å². The van der Waals surface area contributed by atoms with Crippen molar-refractivity contribution in [2.45, 2.75) is 18.5 Å². The van der Waals surface area contributed by atoms with Gasteiger partial charge in [0, 0.05) is 17.3 Å². The normalized spacial score (nSPS) is 12.7. The summed E-state index contributed by atoms with van der Waals surface area (Å²) in [4.78, 5) is 17.1. The van der Waals surface area contributed by atoms with E-state index in [1.165, 1.54) is 22.7 Å². The first-order chi connectivity index (χ1) is 16.6. The summed E-state index contributed by atoms with van der Waals surface area (Å²) in [5.41, 5.74) is -4.96. The Labute approximate surface area is 196 Å². The molecule has 0 spiro atoms. The monoisotopic (exact) mass is 517 g/mol. The van der Waals surface area contributed by atoms with Crippen molar-refractivity contribution in [1.82, 2.24) is 9.38 Å². The summed E-state index contributed by atoms with van der Waals surface area (Å²) in [5, 5.41) is 2.26. The molecular formula is C23H12F9N3O. The molecule has 1 amide bonds. The average molecular weight is 517 g/mol. The number of nitrogens with one attached hydrogen (secondary N) is 1. The molecular weight excluding hydrogens is 505 g/mol. The fourth-order valence-electron chi connectivity index (χ4n) is 3.40. The summed E-state index contributed by atoms with van der Waals surface area (Å²) in [7, 11) is 0. The maximum Gasteiger partial charge on any atom is 0.416 e. The number of halogens is 9. The molecule has 4 rings (SSSR count). The number of anilines is 1. The topological polar surface area (TPSA) is 46.4 Å². The van der Waals surface area contributed by atoms with Gasteiger partial charge in [0.05, 0.1) is 16.7 Å². The Hall–Kier alpha value is -4.03. The standard InChI is InChI=1S/C23H12F9N3O/c24-21(25,26)14-6-4-12(5-7-14)18-19(35-8-2-1-3-17(35)33-18)34-20(36)13-9-15(22(27,28)29)11-16(10-13)23(30,31)32/h1-11H,(H,34,36). The Morgan fingerprint density at radius 2 is 1.28 bits per heavy atom. The van der Waals surface area contributed by atoms with Gasteiger partial charge in [0.1, 0.15) is 17.2 Å². The smallest absolute Gasteiger partial charge is 0.306 e. The van der Waals surface area contributed by atoms with Crippen molar-refractivity contribution < 1.29 is 44.3 Å². The summed E-state index contributed by atoms with van der Waals surface area (Å²) < 4.78 is 119. The van der Waals surface area contributed by atoms with Gasteiger partial charge in [-0.15, -0.1) is 0 Å². The second-order valence-corrected chi connectivity index (χ2v) is 7.56. The van der Waals surface area contributed by atoms with Crippen molar-refractivity contribution in [1.29, 1.82) is 0 Å². The van der Waals surface area contributed by atoms with E-state index in [1.807, 2.05) is 0 Å². The van der Waals surface area contributed by atoms with Crippen LogP contribution in [0, 0.1) is 0 Å². The van der Waals surface area contributed by atoms with Crippen molar-refractivity contribution in [2.75, 3.05) is 5.32 Å². The number of hydrogen-bond donors (Lipinski definition) is 1. The van der Waals surface area contributed by atoms with Crippen LogP contribution < -0.4 is 5.32 Å². The summed E-state index contributed by atoms with van der Waals surface area (Å²) >= 11 is 0. The number of alkyl halides is 9. The van der Waals surface area contributed by atoms with Gasteiger partial charge < -0.3 is 5.32 Å². The fraction of sp³-hybridized carbons (Fsp3) is 0.130. The van der Waals surface area contributed by atoms with Gasteiger partial charge in [-0.05, 0) is 42.5 Å². The van der Waals surface area contributed by atoms with Crippen LogP contribution in [0.2, 0.25) is 0 Å². The van der Waals surface area contributed by atoms with Gasteiger partial charge in [-0.2, -0.15) is 39.5 Å². The van der Waals surface area contributed by atoms with E-state index in [-0.39, 0.29) is 40.9 Å². The first-order valence-corrected chi connectivity index (χ1v) is 9.90. The van der Waals surface area contributed by atoms with E-state index in [9.17, 15) is 44.3 Å². The average Bonchev–Trinajstić information content (AvgIpc) is 3.15. The molecule has 13 heteroatoms. The van der Waals surface area contributed by atoms with Gasteiger partial charge in [0.2, 0.25) is 0 Å². The van der Waals surface area contributed by atoms with Crippen LogP contribution in [0.3, 0.4) is 0 Å². The zero-order valence-corrected chi connectivity index (χ0v) is 17.6. The molecule has 0 saturated heterocycles. The molecule has 0 radical (unpaired) electrons.